The summed E-state index contributed by atoms with van der Waals surface area (Å²) in [5.74, 6) is -0.810. The van der Waals surface area contributed by atoms with Crippen molar-refractivity contribution in [2.45, 2.75) is 31.7 Å². The van der Waals surface area contributed by atoms with E-state index in [-0.39, 0.29) is 37.3 Å². The van der Waals surface area contributed by atoms with Gasteiger partial charge in [-0.1, -0.05) is 18.2 Å². The topological polar surface area (TPSA) is 129 Å². The number of nitrogens with zero attached hydrogens (tertiary/aromatic N) is 3. The Morgan fingerprint density at radius 3 is 2.51 bits per heavy atom. The van der Waals surface area contributed by atoms with Gasteiger partial charge in [0.2, 0.25) is 10.0 Å². The third-order valence-electron chi connectivity index (χ3n) is 6.58. The Morgan fingerprint density at radius 2 is 1.90 bits per heavy atom. The maximum Gasteiger partial charge on any atom is 0.573 e. The molecule has 208 valence electrons. The minimum Gasteiger partial charge on any atom is -0.465 e. The molecule has 1 fully saturated rings. The summed E-state index contributed by atoms with van der Waals surface area (Å²) in [4.78, 5) is 29.5. The number of carbonyl (C=O) groups excluding carboxylic acids is 1. The van der Waals surface area contributed by atoms with Crippen LogP contribution in [-0.2, 0) is 14.8 Å². The number of amidine groups is 1. The molecule has 0 radical (unpaired) electrons. The van der Waals surface area contributed by atoms with E-state index in [1.54, 1.807) is 25.1 Å². The molecule has 39 heavy (non-hydrogen) atoms. The molecule has 0 aromatic heterocycles. The first kappa shape index (κ1) is 28.1. The molecule has 4 rings (SSSR count). The summed E-state index contributed by atoms with van der Waals surface area (Å²) in [7, 11) is -2.45. The van der Waals surface area contributed by atoms with Crippen molar-refractivity contribution in [3.63, 3.8) is 0 Å². The fourth-order valence-electron chi connectivity index (χ4n) is 4.35. The highest BCUT2D eigenvalue weighted by molar-refractivity contribution is 7.92. The summed E-state index contributed by atoms with van der Waals surface area (Å²) in [6.45, 7) is 1.75. The van der Waals surface area contributed by atoms with Crippen molar-refractivity contribution >= 4 is 39.6 Å². The Morgan fingerprint density at radius 1 is 1.21 bits per heavy atom. The molecular weight excluding hydrogens is 541 g/mol. The van der Waals surface area contributed by atoms with Gasteiger partial charge in [0, 0.05) is 36.8 Å². The van der Waals surface area contributed by atoms with Crippen LogP contribution in [0.3, 0.4) is 0 Å². The van der Waals surface area contributed by atoms with Crippen molar-refractivity contribution in [2.75, 3.05) is 25.0 Å². The number of amides is 2. The summed E-state index contributed by atoms with van der Waals surface area (Å²) >= 11 is 0. The third kappa shape index (κ3) is 6.23. The maximum absolute atomic E-state index is 13.0. The lowest BCUT2D eigenvalue weighted by atomic mass is 9.89. The van der Waals surface area contributed by atoms with Crippen LogP contribution < -0.4 is 15.0 Å². The van der Waals surface area contributed by atoms with E-state index in [9.17, 15) is 31.2 Å². The van der Waals surface area contributed by atoms with E-state index in [2.05, 4.69) is 15.0 Å². The van der Waals surface area contributed by atoms with E-state index in [0.717, 1.165) is 22.4 Å². The number of hydrogen-bond donors (Lipinski definition) is 2. The van der Waals surface area contributed by atoms with Gasteiger partial charge in [0.1, 0.15) is 17.1 Å². The number of anilines is 1. The van der Waals surface area contributed by atoms with Gasteiger partial charge < -0.3 is 15.2 Å². The number of alkyl halides is 3. The number of carboxylic acid groups (broad SMARTS) is 1. The molecule has 0 saturated carbocycles. The van der Waals surface area contributed by atoms with Gasteiger partial charge in [-0.2, -0.15) is 4.31 Å². The second-order valence-electron chi connectivity index (χ2n) is 9.15. The molecule has 2 heterocycles. The van der Waals surface area contributed by atoms with Crippen molar-refractivity contribution in [1.29, 1.82) is 0 Å². The molecule has 2 aliphatic rings. The summed E-state index contributed by atoms with van der Waals surface area (Å²) in [6.07, 6.45) is -4.40. The number of sulfonamides is 1. The summed E-state index contributed by atoms with van der Waals surface area (Å²) in [5.41, 5.74) is 0.718. The van der Waals surface area contributed by atoms with E-state index in [0.29, 0.717) is 16.8 Å². The Hall–Kier alpha value is -3.91. The SMILES string of the molecule is Cc1cc(N(C)C(=O)O)ccc1C=CS(=O)(=O)N1CCC2(CC1)N=C(c1cccc(OC(F)(F)F)c1)NC2=O. The van der Waals surface area contributed by atoms with Crippen LogP contribution in [0.15, 0.2) is 52.9 Å². The number of aryl methyl sites for hydroxylation is 1. The van der Waals surface area contributed by atoms with Crippen molar-refractivity contribution in [2.24, 2.45) is 4.99 Å². The van der Waals surface area contributed by atoms with Gasteiger partial charge in [-0.15, -0.1) is 13.2 Å². The average Bonchev–Trinajstić information content (AvgIpc) is 3.17. The predicted octanol–water partition coefficient (Wildman–Crippen LogP) is 3.72. The highest BCUT2D eigenvalue weighted by Gasteiger charge is 2.47. The van der Waals surface area contributed by atoms with E-state index in [1.807, 2.05) is 0 Å². The van der Waals surface area contributed by atoms with Gasteiger partial charge >= 0.3 is 12.5 Å². The Bertz CT molecular complexity index is 1460. The van der Waals surface area contributed by atoms with Crippen LogP contribution in [0.1, 0.15) is 29.5 Å². The third-order valence-corrected chi connectivity index (χ3v) is 8.14. The summed E-state index contributed by atoms with van der Waals surface area (Å²) in [6, 6.07) is 9.89. The second kappa shape index (κ2) is 10.3. The second-order valence-corrected chi connectivity index (χ2v) is 11.0. The lowest BCUT2D eigenvalue weighted by Crippen LogP contribution is -2.50. The van der Waals surface area contributed by atoms with Gasteiger partial charge in [0.25, 0.3) is 5.91 Å². The van der Waals surface area contributed by atoms with Crippen molar-refractivity contribution in [3.8, 4) is 5.75 Å². The number of halogens is 3. The predicted molar refractivity (Wildman–Crippen MR) is 137 cm³/mol. The number of benzene rings is 2. The number of carbonyl (C=O) groups is 2. The number of nitrogens with one attached hydrogen (secondary N) is 1. The molecule has 1 saturated heterocycles. The van der Waals surface area contributed by atoms with Crippen molar-refractivity contribution in [3.05, 3.63) is 64.6 Å². The molecule has 14 heteroatoms. The van der Waals surface area contributed by atoms with Gasteiger partial charge in [-0.05, 0) is 61.2 Å². The monoisotopic (exact) mass is 566 g/mol. The molecule has 2 aromatic carbocycles. The first-order chi connectivity index (χ1) is 18.2. The van der Waals surface area contributed by atoms with Crippen LogP contribution in [0, 0.1) is 6.92 Å². The highest BCUT2D eigenvalue weighted by Crippen LogP contribution is 2.33. The van der Waals surface area contributed by atoms with Crippen LogP contribution in [-0.4, -0.2) is 67.7 Å². The minimum atomic E-state index is -4.87. The van der Waals surface area contributed by atoms with Gasteiger partial charge in [-0.25, -0.2) is 13.2 Å². The number of aliphatic imine (C=N–C) groups is 1. The van der Waals surface area contributed by atoms with E-state index in [4.69, 9.17) is 5.11 Å². The normalized spacial score (nSPS) is 17.8. The maximum atomic E-state index is 13.0. The summed E-state index contributed by atoms with van der Waals surface area (Å²) < 4.78 is 68.8. The molecule has 2 aliphatic heterocycles. The average molecular weight is 567 g/mol. The minimum absolute atomic E-state index is 0.00935. The highest BCUT2D eigenvalue weighted by atomic mass is 32.2. The fraction of sp³-hybridized carbons (Fsp3) is 0.320. The molecule has 1 spiro atoms. The zero-order chi connectivity index (χ0) is 28.6. The summed E-state index contributed by atoms with van der Waals surface area (Å²) in [5, 5.41) is 12.8. The van der Waals surface area contributed by atoms with Crippen LogP contribution in [0.25, 0.3) is 6.08 Å². The van der Waals surface area contributed by atoms with E-state index in [1.165, 1.54) is 29.6 Å². The fourth-order valence-corrected chi connectivity index (χ4v) is 5.54. The van der Waals surface area contributed by atoms with E-state index >= 15 is 0 Å². The molecule has 0 unspecified atom stereocenters. The van der Waals surface area contributed by atoms with Crippen LogP contribution >= 0.6 is 0 Å². The van der Waals surface area contributed by atoms with Crippen molar-refractivity contribution in [1.82, 2.24) is 9.62 Å². The lowest BCUT2D eigenvalue weighted by molar-refractivity contribution is -0.274. The first-order valence-corrected chi connectivity index (χ1v) is 13.2. The number of piperidine rings is 1. The Labute approximate surface area is 222 Å². The van der Waals surface area contributed by atoms with Crippen molar-refractivity contribution < 1.29 is 41.0 Å². The largest absolute Gasteiger partial charge is 0.573 e. The zero-order valence-corrected chi connectivity index (χ0v) is 21.7. The van der Waals surface area contributed by atoms with Gasteiger partial charge in [0.05, 0.1) is 0 Å². The number of rotatable bonds is 6. The molecular formula is C25H25F3N4O6S. The van der Waals surface area contributed by atoms with Crippen LogP contribution in [0.4, 0.5) is 23.7 Å². The first-order valence-electron chi connectivity index (χ1n) is 11.7. The number of hydrogen-bond acceptors (Lipinski definition) is 6. The molecule has 0 aliphatic carbocycles. The molecule has 0 atom stereocenters. The van der Waals surface area contributed by atoms with Crippen LogP contribution in [0.5, 0.6) is 5.75 Å². The smallest absolute Gasteiger partial charge is 0.465 e. The molecule has 10 nitrogen and oxygen atoms in total. The number of ether oxygens (including phenoxy) is 1. The van der Waals surface area contributed by atoms with Crippen LogP contribution in [0.2, 0.25) is 0 Å². The quantitative estimate of drug-likeness (QED) is 0.549. The Kier molecular flexibility index (Phi) is 7.45. The van der Waals surface area contributed by atoms with Gasteiger partial charge in [0.15, 0.2) is 0 Å². The standard InChI is InChI=1S/C25H25F3N4O6S/c1-16-14-19(31(2)23(34)35)7-6-17(16)8-13-39(36,37)32-11-9-24(10-12-32)22(33)29-21(30-24)18-4-3-5-20(15-18)38-25(26,27)28/h3-8,13-15H,9-12H2,1-2H3,(H,34,35)(H,29,30,33). The molecule has 2 aromatic rings. The zero-order valence-electron chi connectivity index (χ0n) is 20.9. The molecule has 2 amide bonds. The lowest BCUT2D eigenvalue weighted by Gasteiger charge is -2.34. The Balaban J connectivity index is 1.45. The molecule has 0 bridgehead atoms. The van der Waals surface area contributed by atoms with Gasteiger partial charge in [-0.3, -0.25) is 14.7 Å². The molecule has 2 N–H and O–H groups in total. The van der Waals surface area contributed by atoms with E-state index < -0.39 is 39.7 Å².